The summed E-state index contributed by atoms with van der Waals surface area (Å²) in [7, 11) is 0. The first kappa shape index (κ1) is 14.5. The molecule has 0 aliphatic carbocycles. The van der Waals surface area contributed by atoms with Gasteiger partial charge in [-0.2, -0.15) is 0 Å². The van der Waals surface area contributed by atoms with Gasteiger partial charge in [0.15, 0.2) is 0 Å². The van der Waals surface area contributed by atoms with Crippen molar-refractivity contribution in [2.75, 3.05) is 39.3 Å². The van der Waals surface area contributed by atoms with Gasteiger partial charge in [0.2, 0.25) is 5.91 Å². The van der Waals surface area contributed by atoms with E-state index in [9.17, 15) is 4.79 Å². The van der Waals surface area contributed by atoms with Crippen molar-refractivity contribution in [3.05, 3.63) is 0 Å². The molecule has 17 heavy (non-hydrogen) atoms. The van der Waals surface area contributed by atoms with Crippen LogP contribution in [0, 0.1) is 0 Å². The highest BCUT2D eigenvalue weighted by Crippen LogP contribution is 2.08. The predicted octanol–water partition coefficient (Wildman–Crippen LogP) is 0.929. The largest absolute Gasteiger partial charge is 0.341 e. The number of nitrogens with one attached hydrogen (secondary N) is 1. The predicted molar refractivity (Wildman–Crippen MR) is 71.1 cm³/mol. The standard InChI is InChI=1S/C13H27N3O/c1-4-15(5-2)11-8-14-12(3)13(17)16-9-6-7-10-16/h12,14H,4-11H2,1-3H3/t12-/m1/s1. The molecule has 0 aromatic rings. The zero-order chi connectivity index (χ0) is 12.7. The summed E-state index contributed by atoms with van der Waals surface area (Å²) in [5, 5.41) is 3.33. The summed E-state index contributed by atoms with van der Waals surface area (Å²) in [6.07, 6.45) is 2.33. The minimum absolute atomic E-state index is 0.0383. The second kappa shape index (κ2) is 7.67. The molecule has 0 radical (unpaired) electrons. The third kappa shape index (κ3) is 4.64. The van der Waals surface area contributed by atoms with Crippen molar-refractivity contribution >= 4 is 5.91 Å². The monoisotopic (exact) mass is 241 g/mol. The van der Waals surface area contributed by atoms with Crippen LogP contribution in [-0.4, -0.2) is 61.0 Å². The minimum atomic E-state index is -0.0383. The van der Waals surface area contributed by atoms with Gasteiger partial charge < -0.3 is 15.1 Å². The van der Waals surface area contributed by atoms with Crippen molar-refractivity contribution in [3.8, 4) is 0 Å². The topological polar surface area (TPSA) is 35.6 Å². The molecule has 1 rings (SSSR count). The Balaban J connectivity index is 2.19. The Morgan fingerprint density at radius 3 is 2.41 bits per heavy atom. The number of likely N-dealkylation sites (N-methyl/N-ethyl adjacent to an activating group) is 1. The van der Waals surface area contributed by atoms with E-state index >= 15 is 0 Å². The first-order valence-electron chi connectivity index (χ1n) is 6.93. The number of likely N-dealkylation sites (tertiary alicyclic amines) is 1. The molecule has 1 aliphatic heterocycles. The number of carbonyl (C=O) groups is 1. The first-order valence-corrected chi connectivity index (χ1v) is 6.93. The molecule has 0 unspecified atom stereocenters. The molecule has 1 fully saturated rings. The maximum atomic E-state index is 12.0. The zero-order valence-corrected chi connectivity index (χ0v) is 11.5. The van der Waals surface area contributed by atoms with Crippen LogP contribution in [0.1, 0.15) is 33.6 Å². The number of amides is 1. The molecular weight excluding hydrogens is 214 g/mol. The molecule has 1 amide bonds. The second-order valence-corrected chi connectivity index (χ2v) is 4.74. The quantitative estimate of drug-likeness (QED) is 0.720. The highest BCUT2D eigenvalue weighted by molar-refractivity contribution is 5.81. The van der Waals surface area contributed by atoms with E-state index in [0.29, 0.717) is 0 Å². The van der Waals surface area contributed by atoms with Gasteiger partial charge in [0.1, 0.15) is 0 Å². The van der Waals surface area contributed by atoms with Gasteiger partial charge in [0.25, 0.3) is 0 Å². The van der Waals surface area contributed by atoms with Crippen LogP contribution in [0.25, 0.3) is 0 Å². The lowest BCUT2D eigenvalue weighted by Crippen LogP contribution is -2.45. The Bertz CT molecular complexity index is 223. The average Bonchev–Trinajstić information content (AvgIpc) is 2.87. The van der Waals surface area contributed by atoms with Crippen LogP contribution in [0.2, 0.25) is 0 Å². The Morgan fingerprint density at radius 2 is 1.88 bits per heavy atom. The molecule has 1 heterocycles. The van der Waals surface area contributed by atoms with Crippen molar-refractivity contribution in [1.29, 1.82) is 0 Å². The summed E-state index contributed by atoms with van der Waals surface area (Å²) in [6, 6.07) is -0.0383. The normalized spacial score (nSPS) is 17.8. The van der Waals surface area contributed by atoms with Crippen LogP contribution in [0.15, 0.2) is 0 Å². The summed E-state index contributed by atoms with van der Waals surface area (Å²) in [6.45, 7) is 12.3. The Morgan fingerprint density at radius 1 is 1.29 bits per heavy atom. The van der Waals surface area contributed by atoms with E-state index in [1.165, 1.54) is 0 Å². The number of nitrogens with zero attached hydrogens (tertiary/aromatic N) is 2. The molecule has 100 valence electrons. The lowest BCUT2D eigenvalue weighted by molar-refractivity contribution is -0.131. The molecule has 4 nitrogen and oxygen atoms in total. The lowest BCUT2D eigenvalue weighted by Gasteiger charge is -2.23. The van der Waals surface area contributed by atoms with Gasteiger partial charge in [0.05, 0.1) is 6.04 Å². The van der Waals surface area contributed by atoms with Crippen LogP contribution in [0.5, 0.6) is 0 Å². The SMILES string of the molecule is CCN(CC)CCN[C@H](C)C(=O)N1CCCC1. The smallest absolute Gasteiger partial charge is 0.239 e. The molecule has 0 bridgehead atoms. The molecule has 0 aromatic heterocycles. The molecule has 1 saturated heterocycles. The zero-order valence-electron chi connectivity index (χ0n) is 11.5. The van der Waals surface area contributed by atoms with Gasteiger partial charge >= 0.3 is 0 Å². The van der Waals surface area contributed by atoms with Crippen LogP contribution in [0.4, 0.5) is 0 Å². The number of carbonyl (C=O) groups excluding carboxylic acids is 1. The highest BCUT2D eigenvalue weighted by atomic mass is 16.2. The third-order valence-corrected chi connectivity index (χ3v) is 3.56. The summed E-state index contributed by atoms with van der Waals surface area (Å²) in [5.41, 5.74) is 0. The summed E-state index contributed by atoms with van der Waals surface area (Å²) < 4.78 is 0. The molecular formula is C13H27N3O. The Hall–Kier alpha value is -0.610. The van der Waals surface area contributed by atoms with Gasteiger partial charge in [0, 0.05) is 26.2 Å². The maximum Gasteiger partial charge on any atom is 0.239 e. The van der Waals surface area contributed by atoms with Gasteiger partial charge in [-0.25, -0.2) is 0 Å². The molecule has 4 heteroatoms. The first-order chi connectivity index (χ1) is 8.19. The van der Waals surface area contributed by atoms with Crippen LogP contribution >= 0.6 is 0 Å². The molecule has 1 aliphatic rings. The van der Waals surface area contributed by atoms with E-state index in [-0.39, 0.29) is 11.9 Å². The average molecular weight is 241 g/mol. The van der Waals surface area contributed by atoms with Gasteiger partial charge in [-0.3, -0.25) is 4.79 Å². The van der Waals surface area contributed by atoms with Crippen molar-refractivity contribution in [3.63, 3.8) is 0 Å². The molecule has 0 aromatic carbocycles. The number of hydrogen-bond acceptors (Lipinski definition) is 3. The van der Waals surface area contributed by atoms with E-state index in [0.717, 1.165) is 52.1 Å². The van der Waals surface area contributed by atoms with Gasteiger partial charge in [-0.05, 0) is 32.9 Å². The van der Waals surface area contributed by atoms with Crippen molar-refractivity contribution in [2.24, 2.45) is 0 Å². The molecule has 1 atom stereocenters. The van der Waals surface area contributed by atoms with Crippen LogP contribution < -0.4 is 5.32 Å². The van der Waals surface area contributed by atoms with Crippen LogP contribution in [0.3, 0.4) is 0 Å². The summed E-state index contributed by atoms with van der Waals surface area (Å²) in [5.74, 6) is 0.266. The van der Waals surface area contributed by atoms with E-state index in [1.807, 2.05) is 11.8 Å². The second-order valence-electron chi connectivity index (χ2n) is 4.74. The van der Waals surface area contributed by atoms with Crippen molar-refractivity contribution in [2.45, 2.75) is 39.7 Å². The Kier molecular flexibility index (Phi) is 6.52. The summed E-state index contributed by atoms with van der Waals surface area (Å²) in [4.78, 5) is 16.4. The fourth-order valence-corrected chi connectivity index (χ4v) is 2.28. The van der Waals surface area contributed by atoms with Gasteiger partial charge in [-0.1, -0.05) is 13.8 Å². The highest BCUT2D eigenvalue weighted by Gasteiger charge is 2.22. The van der Waals surface area contributed by atoms with Crippen molar-refractivity contribution in [1.82, 2.24) is 15.1 Å². The third-order valence-electron chi connectivity index (χ3n) is 3.56. The fraction of sp³-hybridized carbons (Fsp3) is 0.923. The minimum Gasteiger partial charge on any atom is -0.341 e. The lowest BCUT2D eigenvalue weighted by atomic mass is 10.3. The molecule has 0 saturated carbocycles. The fourth-order valence-electron chi connectivity index (χ4n) is 2.28. The van der Waals surface area contributed by atoms with E-state index in [2.05, 4.69) is 24.1 Å². The van der Waals surface area contributed by atoms with Gasteiger partial charge in [-0.15, -0.1) is 0 Å². The number of rotatable bonds is 7. The molecule has 1 N–H and O–H groups in total. The van der Waals surface area contributed by atoms with Crippen molar-refractivity contribution < 1.29 is 4.79 Å². The van der Waals surface area contributed by atoms with E-state index < -0.39 is 0 Å². The van der Waals surface area contributed by atoms with E-state index in [4.69, 9.17) is 0 Å². The summed E-state index contributed by atoms with van der Waals surface area (Å²) >= 11 is 0. The molecule has 0 spiro atoms. The number of hydrogen-bond donors (Lipinski definition) is 1. The van der Waals surface area contributed by atoms with E-state index in [1.54, 1.807) is 0 Å². The van der Waals surface area contributed by atoms with Crippen LogP contribution in [-0.2, 0) is 4.79 Å². The Labute approximate surface area is 105 Å². The maximum absolute atomic E-state index is 12.0.